The number of hydrogen-bond donors (Lipinski definition) is 1. The molecule has 1 aromatic rings. The summed E-state index contributed by atoms with van der Waals surface area (Å²) in [5.41, 5.74) is 0. The third-order valence-electron chi connectivity index (χ3n) is 1.85. The summed E-state index contributed by atoms with van der Waals surface area (Å²) in [7, 11) is 1.51. The first kappa shape index (κ1) is 13.3. The Kier molecular flexibility index (Phi) is 5.29. The number of halogens is 1. The van der Waals surface area contributed by atoms with E-state index >= 15 is 0 Å². The van der Waals surface area contributed by atoms with Crippen LogP contribution in [0.5, 0.6) is 11.5 Å². The molecule has 0 aliphatic carbocycles. The Bertz CT molecular complexity index is 408. The normalized spacial score (nSPS) is 9.53. The molecule has 0 aliphatic heterocycles. The van der Waals surface area contributed by atoms with E-state index in [-0.39, 0.29) is 13.2 Å². The summed E-state index contributed by atoms with van der Waals surface area (Å²) in [6.07, 6.45) is 0. The zero-order chi connectivity index (χ0) is 12.7. The third kappa shape index (κ3) is 4.74. The number of methoxy groups -OCH3 is 1. The minimum absolute atomic E-state index is 0.204. The van der Waals surface area contributed by atoms with Gasteiger partial charge in [0.15, 0.2) is 18.1 Å². The van der Waals surface area contributed by atoms with E-state index in [0.29, 0.717) is 11.5 Å². The molecule has 0 atom stereocenters. The Labute approximate surface area is 104 Å². The molecule has 0 radical (unpaired) electrons. The molecular formula is C11H12ClNO4. The zero-order valence-corrected chi connectivity index (χ0v) is 9.99. The van der Waals surface area contributed by atoms with Crippen molar-refractivity contribution in [2.45, 2.75) is 0 Å². The molecule has 0 saturated heterocycles. The predicted molar refractivity (Wildman–Crippen MR) is 62.4 cm³/mol. The number of ether oxygens (including phenoxy) is 2. The Morgan fingerprint density at radius 3 is 2.53 bits per heavy atom. The lowest BCUT2D eigenvalue weighted by Gasteiger charge is -2.09. The Hall–Kier alpha value is -1.75. The SMILES string of the molecule is COc1ccccc1OCC(=O)NCC(=O)Cl. The molecule has 5 nitrogen and oxygen atoms in total. The highest BCUT2D eigenvalue weighted by atomic mass is 35.5. The van der Waals surface area contributed by atoms with E-state index in [9.17, 15) is 9.59 Å². The highest BCUT2D eigenvalue weighted by molar-refractivity contribution is 6.64. The molecule has 0 heterocycles. The average molecular weight is 258 g/mol. The molecule has 0 fully saturated rings. The molecule has 6 heteroatoms. The molecule has 0 bridgehead atoms. The van der Waals surface area contributed by atoms with Crippen LogP contribution in [0.4, 0.5) is 0 Å². The number of amides is 1. The molecule has 0 saturated carbocycles. The molecule has 1 amide bonds. The van der Waals surface area contributed by atoms with Gasteiger partial charge in [-0.15, -0.1) is 0 Å². The van der Waals surface area contributed by atoms with Gasteiger partial charge >= 0.3 is 0 Å². The Morgan fingerprint density at radius 1 is 1.29 bits per heavy atom. The van der Waals surface area contributed by atoms with Crippen molar-refractivity contribution in [1.29, 1.82) is 0 Å². The number of benzene rings is 1. The van der Waals surface area contributed by atoms with Gasteiger partial charge in [-0.1, -0.05) is 12.1 Å². The van der Waals surface area contributed by atoms with Crippen molar-refractivity contribution in [3.05, 3.63) is 24.3 Å². The van der Waals surface area contributed by atoms with Crippen LogP contribution >= 0.6 is 11.6 Å². The van der Waals surface area contributed by atoms with E-state index in [1.54, 1.807) is 24.3 Å². The fraction of sp³-hybridized carbons (Fsp3) is 0.273. The maximum Gasteiger partial charge on any atom is 0.258 e. The molecule has 0 aliphatic rings. The molecule has 1 rings (SSSR count). The Balaban J connectivity index is 2.44. The van der Waals surface area contributed by atoms with Gasteiger partial charge in [-0.05, 0) is 23.7 Å². The highest BCUT2D eigenvalue weighted by Crippen LogP contribution is 2.25. The predicted octanol–water partition coefficient (Wildman–Crippen LogP) is 0.956. The smallest absolute Gasteiger partial charge is 0.258 e. The quantitative estimate of drug-likeness (QED) is 0.771. The maximum atomic E-state index is 11.2. The van der Waals surface area contributed by atoms with Gasteiger partial charge in [-0.2, -0.15) is 0 Å². The summed E-state index contributed by atoms with van der Waals surface area (Å²) in [6, 6.07) is 6.95. The average Bonchev–Trinajstić information content (AvgIpc) is 2.34. The van der Waals surface area contributed by atoms with Gasteiger partial charge in [0, 0.05) is 0 Å². The third-order valence-corrected chi connectivity index (χ3v) is 1.99. The second-order valence-electron chi connectivity index (χ2n) is 3.07. The van der Waals surface area contributed by atoms with Gasteiger partial charge in [0.25, 0.3) is 5.91 Å². The van der Waals surface area contributed by atoms with Crippen LogP contribution in [0.15, 0.2) is 24.3 Å². The first-order valence-corrected chi connectivity index (χ1v) is 5.22. The van der Waals surface area contributed by atoms with Gasteiger partial charge in [0.2, 0.25) is 5.24 Å². The minimum Gasteiger partial charge on any atom is -0.493 e. The standard InChI is InChI=1S/C11H12ClNO4/c1-16-8-4-2-3-5-9(8)17-7-11(15)13-6-10(12)14/h2-5H,6-7H2,1H3,(H,13,15). The van der Waals surface area contributed by atoms with Crippen molar-refractivity contribution in [1.82, 2.24) is 5.32 Å². The van der Waals surface area contributed by atoms with E-state index in [0.717, 1.165) is 0 Å². The van der Waals surface area contributed by atoms with Crippen molar-refractivity contribution in [3.8, 4) is 11.5 Å². The van der Waals surface area contributed by atoms with Gasteiger partial charge in [-0.25, -0.2) is 0 Å². The largest absolute Gasteiger partial charge is 0.493 e. The van der Waals surface area contributed by atoms with Crippen LogP contribution in [-0.4, -0.2) is 31.4 Å². The van der Waals surface area contributed by atoms with Crippen molar-refractivity contribution in [3.63, 3.8) is 0 Å². The van der Waals surface area contributed by atoms with E-state index in [2.05, 4.69) is 5.32 Å². The van der Waals surface area contributed by atoms with Gasteiger partial charge in [-0.3, -0.25) is 9.59 Å². The van der Waals surface area contributed by atoms with Crippen LogP contribution in [0.1, 0.15) is 0 Å². The molecule has 17 heavy (non-hydrogen) atoms. The van der Waals surface area contributed by atoms with E-state index in [1.165, 1.54) is 7.11 Å². The van der Waals surface area contributed by atoms with Crippen LogP contribution < -0.4 is 14.8 Å². The lowest BCUT2D eigenvalue weighted by Crippen LogP contribution is -2.31. The van der Waals surface area contributed by atoms with Gasteiger partial charge < -0.3 is 14.8 Å². The van der Waals surface area contributed by atoms with Crippen molar-refractivity contribution in [2.75, 3.05) is 20.3 Å². The first-order valence-electron chi connectivity index (χ1n) is 4.84. The van der Waals surface area contributed by atoms with E-state index in [4.69, 9.17) is 21.1 Å². The summed E-state index contributed by atoms with van der Waals surface area (Å²) >= 11 is 5.07. The molecule has 1 aromatic carbocycles. The van der Waals surface area contributed by atoms with Crippen LogP contribution in [0.3, 0.4) is 0 Å². The summed E-state index contributed by atoms with van der Waals surface area (Å²) in [6.45, 7) is -0.416. The lowest BCUT2D eigenvalue weighted by atomic mass is 10.3. The van der Waals surface area contributed by atoms with Crippen LogP contribution in [0, 0.1) is 0 Å². The first-order chi connectivity index (χ1) is 8.13. The van der Waals surface area contributed by atoms with Gasteiger partial charge in [0.1, 0.15) is 0 Å². The van der Waals surface area contributed by atoms with Crippen molar-refractivity contribution >= 4 is 22.8 Å². The number of carbonyl (C=O) groups excluding carboxylic acids is 2. The molecule has 0 aromatic heterocycles. The monoisotopic (exact) mass is 257 g/mol. The number of rotatable bonds is 6. The number of para-hydroxylation sites is 2. The van der Waals surface area contributed by atoms with Crippen molar-refractivity contribution < 1.29 is 19.1 Å². The molecular weight excluding hydrogens is 246 g/mol. The molecule has 92 valence electrons. The topological polar surface area (TPSA) is 64.6 Å². The summed E-state index contributed by atoms with van der Waals surface area (Å²) in [4.78, 5) is 21.6. The van der Waals surface area contributed by atoms with E-state index in [1.807, 2.05) is 0 Å². The molecule has 0 unspecified atom stereocenters. The minimum atomic E-state index is -0.629. The molecule has 0 spiro atoms. The van der Waals surface area contributed by atoms with Crippen LogP contribution in [-0.2, 0) is 9.59 Å². The summed E-state index contributed by atoms with van der Waals surface area (Å²) in [5, 5.41) is 1.67. The molecule has 1 N–H and O–H groups in total. The van der Waals surface area contributed by atoms with Gasteiger partial charge in [0.05, 0.1) is 13.7 Å². The second kappa shape index (κ2) is 6.75. The highest BCUT2D eigenvalue weighted by Gasteiger charge is 2.07. The Morgan fingerprint density at radius 2 is 1.94 bits per heavy atom. The fourth-order valence-electron chi connectivity index (χ4n) is 1.10. The number of carbonyl (C=O) groups is 2. The summed E-state index contributed by atoms with van der Waals surface area (Å²) in [5.74, 6) is 0.570. The second-order valence-corrected chi connectivity index (χ2v) is 3.49. The summed E-state index contributed by atoms with van der Waals surface area (Å²) < 4.78 is 10.3. The lowest BCUT2D eigenvalue weighted by molar-refractivity contribution is -0.124. The number of hydrogen-bond acceptors (Lipinski definition) is 4. The van der Waals surface area contributed by atoms with E-state index < -0.39 is 11.1 Å². The zero-order valence-electron chi connectivity index (χ0n) is 9.23. The van der Waals surface area contributed by atoms with Crippen LogP contribution in [0.25, 0.3) is 0 Å². The fourth-order valence-corrected chi connectivity index (χ4v) is 1.17. The maximum absolute atomic E-state index is 11.2. The number of nitrogens with one attached hydrogen (secondary N) is 1. The van der Waals surface area contributed by atoms with Crippen LogP contribution in [0.2, 0.25) is 0 Å². The van der Waals surface area contributed by atoms with Crippen molar-refractivity contribution in [2.24, 2.45) is 0 Å².